The molecule has 1 aliphatic rings. The summed E-state index contributed by atoms with van der Waals surface area (Å²) in [4.78, 5) is 13.3. The molecule has 0 saturated carbocycles. The summed E-state index contributed by atoms with van der Waals surface area (Å²) < 4.78 is 13.0. The molecular formula is C13H17FN2O2. The topological polar surface area (TPSA) is 52.6 Å². The molecule has 1 aromatic carbocycles. The summed E-state index contributed by atoms with van der Waals surface area (Å²) in [5.41, 5.74) is 0.493. The van der Waals surface area contributed by atoms with Crippen molar-refractivity contribution >= 4 is 11.7 Å². The lowest BCUT2D eigenvalue weighted by atomic mass is 10.0. The van der Waals surface area contributed by atoms with Crippen molar-refractivity contribution < 1.29 is 14.3 Å². The number of nitrogens with one attached hydrogen (secondary N) is 1. The maximum atomic E-state index is 13.0. The SMILES string of the molecule is CN1CCC(Nc2ccc(F)cc2C(=O)O)CC1. The number of piperidine rings is 1. The number of hydrogen-bond donors (Lipinski definition) is 2. The normalized spacial score (nSPS) is 17.7. The average Bonchev–Trinajstić information content (AvgIpc) is 2.34. The number of likely N-dealkylation sites (tertiary alicyclic amines) is 1. The van der Waals surface area contributed by atoms with Gasteiger partial charge in [0.15, 0.2) is 0 Å². The highest BCUT2D eigenvalue weighted by Gasteiger charge is 2.19. The molecule has 0 atom stereocenters. The van der Waals surface area contributed by atoms with E-state index in [1.807, 2.05) is 0 Å². The number of rotatable bonds is 3. The lowest BCUT2D eigenvalue weighted by Gasteiger charge is -2.30. The van der Waals surface area contributed by atoms with Crippen LogP contribution >= 0.6 is 0 Å². The van der Waals surface area contributed by atoms with Crippen molar-refractivity contribution in [1.82, 2.24) is 4.90 Å². The largest absolute Gasteiger partial charge is 0.478 e. The lowest BCUT2D eigenvalue weighted by molar-refractivity contribution is 0.0697. The average molecular weight is 252 g/mol. The molecule has 0 radical (unpaired) electrons. The lowest BCUT2D eigenvalue weighted by Crippen LogP contribution is -2.37. The fraction of sp³-hybridized carbons (Fsp3) is 0.462. The molecule has 0 aromatic heterocycles. The molecule has 0 spiro atoms. The van der Waals surface area contributed by atoms with E-state index < -0.39 is 11.8 Å². The summed E-state index contributed by atoms with van der Waals surface area (Å²) in [6, 6.07) is 4.09. The Bertz CT molecular complexity index is 443. The van der Waals surface area contributed by atoms with Crippen LogP contribution in [0.5, 0.6) is 0 Å². The van der Waals surface area contributed by atoms with Crippen molar-refractivity contribution in [2.45, 2.75) is 18.9 Å². The first-order chi connectivity index (χ1) is 8.56. The number of nitrogens with zero attached hydrogens (tertiary/aromatic N) is 1. The van der Waals surface area contributed by atoms with E-state index in [2.05, 4.69) is 17.3 Å². The van der Waals surface area contributed by atoms with Gasteiger partial charge in [0.25, 0.3) is 0 Å². The van der Waals surface area contributed by atoms with Gasteiger partial charge in [-0.2, -0.15) is 0 Å². The van der Waals surface area contributed by atoms with Gasteiger partial charge >= 0.3 is 5.97 Å². The number of carbonyl (C=O) groups is 1. The van der Waals surface area contributed by atoms with Gasteiger partial charge in [-0.3, -0.25) is 0 Å². The summed E-state index contributed by atoms with van der Waals surface area (Å²) in [5, 5.41) is 12.3. The highest BCUT2D eigenvalue weighted by molar-refractivity contribution is 5.94. The maximum Gasteiger partial charge on any atom is 0.337 e. The van der Waals surface area contributed by atoms with Gasteiger partial charge in [0, 0.05) is 11.7 Å². The second kappa shape index (κ2) is 5.35. The third-order valence-electron chi connectivity index (χ3n) is 3.29. The number of carboxylic acids is 1. The van der Waals surface area contributed by atoms with Crippen LogP contribution < -0.4 is 5.32 Å². The summed E-state index contributed by atoms with van der Waals surface area (Å²) in [6.45, 7) is 1.97. The number of anilines is 1. The number of hydrogen-bond acceptors (Lipinski definition) is 3. The first-order valence-electron chi connectivity index (χ1n) is 6.04. The molecule has 4 nitrogen and oxygen atoms in total. The van der Waals surface area contributed by atoms with Crippen LogP contribution in [-0.2, 0) is 0 Å². The molecule has 0 bridgehead atoms. The van der Waals surface area contributed by atoms with E-state index in [1.54, 1.807) is 0 Å². The van der Waals surface area contributed by atoms with E-state index in [1.165, 1.54) is 12.1 Å². The highest BCUT2D eigenvalue weighted by Crippen LogP contribution is 2.21. The zero-order chi connectivity index (χ0) is 13.1. The Morgan fingerprint density at radius 1 is 1.44 bits per heavy atom. The van der Waals surface area contributed by atoms with E-state index in [4.69, 9.17) is 5.11 Å². The van der Waals surface area contributed by atoms with E-state index in [9.17, 15) is 9.18 Å². The van der Waals surface area contributed by atoms with Crippen molar-refractivity contribution in [3.05, 3.63) is 29.6 Å². The molecule has 1 aromatic rings. The molecule has 0 amide bonds. The first kappa shape index (κ1) is 12.8. The van der Waals surface area contributed by atoms with Gasteiger partial charge in [-0.1, -0.05) is 0 Å². The van der Waals surface area contributed by atoms with Gasteiger partial charge in [-0.05, 0) is 51.2 Å². The zero-order valence-corrected chi connectivity index (χ0v) is 10.3. The predicted octanol–water partition coefficient (Wildman–Crippen LogP) is 2.03. The Labute approximate surface area is 105 Å². The van der Waals surface area contributed by atoms with Gasteiger partial charge in [0.1, 0.15) is 5.82 Å². The van der Waals surface area contributed by atoms with E-state index in [0.717, 1.165) is 32.0 Å². The Morgan fingerprint density at radius 3 is 2.72 bits per heavy atom. The summed E-state index contributed by atoms with van der Waals surface area (Å²) in [6.07, 6.45) is 1.93. The molecule has 1 fully saturated rings. The van der Waals surface area contributed by atoms with Crippen LogP contribution in [0, 0.1) is 5.82 Å². The molecule has 2 rings (SSSR count). The molecular weight excluding hydrogens is 235 g/mol. The van der Waals surface area contributed by atoms with E-state index in [0.29, 0.717) is 5.69 Å². The molecule has 1 heterocycles. The molecule has 1 aliphatic heterocycles. The van der Waals surface area contributed by atoms with Crippen molar-refractivity contribution in [1.29, 1.82) is 0 Å². The molecule has 0 aliphatic carbocycles. The second-order valence-electron chi connectivity index (χ2n) is 4.72. The van der Waals surface area contributed by atoms with Gasteiger partial charge in [0.05, 0.1) is 5.56 Å². The second-order valence-corrected chi connectivity index (χ2v) is 4.72. The fourth-order valence-corrected chi connectivity index (χ4v) is 2.19. The number of halogens is 1. The van der Waals surface area contributed by atoms with Gasteiger partial charge in [0.2, 0.25) is 0 Å². The van der Waals surface area contributed by atoms with Crippen LogP contribution in [0.25, 0.3) is 0 Å². The van der Waals surface area contributed by atoms with Gasteiger partial charge in [-0.25, -0.2) is 9.18 Å². The zero-order valence-electron chi connectivity index (χ0n) is 10.3. The van der Waals surface area contributed by atoms with Crippen LogP contribution in [-0.4, -0.2) is 42.2 Å². The Hall–Kier alpha value is -1.62. The minimum atomic E-state index is -1.11. The van der Waals surface area contributed by atoms with Crippen LogP contribution in [0.1, 0.15) is 23.2 Å². The van der Waals surface area contributed by atoms with Gasteiger partial charge < -0.3 is 15.3 Å². The van der Waals surface area contributed by atoms with Crippen LogP contribution in [0.4, 0.5) is 10.1 Å². The van der Waals surface area contributed by atoms with Crippen LogP contribution in [0.2, 0.25) is 0 Å². The minimum Gasteiger partial charge on any atom is -0.478 e. The Kier molecular flexibility index (Phi) is 3.81. The summed E-state index contributed by atoms with van der Waals surface area (Å²) in [5.74, 6) is -1.63. The van der Waals surface area contributed by atoms with E-state index >= 15 is 0 Å². The molecule has 98 valence electrons. The van der Waals surface area contributed by atoms with Crippen LogP contribution in [0.3, 0.4) is 0 Å². The summed E-state index contributed by atoms with van der Waals surface area (Å²) in [7, 11) is 2.07. The maximum absolute atomic E-state index is 13.0. The number of aromatic carboxylic acids is 1. The first-order valence-corrected chi connectivity index (χ1v) is 6.04. The fourth-order valence-electron chi connectivity index (χ4n) is 2.19. The molecule has 1 saturated heterocycles. The van der Waals surface area contributed by atoms with Crippen molar-refractivity contribution in [2.24, 2.45) is 0 Å². The number of carboxylic acid groups (broad SMARTS) is 1. The monoisotopic (exact) mass is 252 g/mol. The number of benzene rings is 1. The van der Waals surface area contributed by atoms with Crippen molar-refractivity contribution in [3.63, 3.8) is 0 Å². The standard InChI is InChI=1S/C13H17FN2O2/c1-16-6-4-10(5-7-16)15-12-3-2-9(14)8-11(12)13(17)18/h2-3,8,10,15H,4-7H2,1H3,(H,17,18). The van der Waals surface area contributed by atoms with Crippen molar-refractivity contribution in [2.75, 3.05) is 25.5 Å². The van der Waals surface area contributed by atoms with Crippen LogP contribution in [0.15, 0.2) is 18.2 Å². The molecule has 18 heavy (non-hydrogen) atoms. The highest BCUT2D eigenvalue weighted by atomic mass is 19.1. The molecule has 5 heteroatoms. The third-order valence-corrected chi connectivity index (χ3v) is 3.29. The Morgan fingerprint density at radius 2 is 2.11 bits per heavy atom. The van der Waals surface area contributed by atoms with Crippen molar-refractivity contribution in [3.8, 4) is 0 Å². The van der Waals surface area contributed by atoms with E-state index in [-0.39, 0.29) is 11.6 Å². The molecule has 2 N–H and O–H groups in total. The molecule has 0 unspecified atom stereocenters. The smallest absolute Gasteiger partial charge is 0.337 e. The minimum absolute atomic E-state index is 0.00562. The third kappa shape index (κ3) is 2.98. The Balaban J connectivity index is 2.11. The summed E-state index contributed by atoms with van der Waals surface area (Å²) >= 11 is 0. The van der Waals surface area contributed by atoms with Gasteiger partial charge in [-0.15, -0.1) is 0 Å². The quantitative estimate of drug-likeness (QED) is 0.864. The predicted molar refractivity (Wildman–Crippen MR) is 67.5 cm³/mol.